The number of nitrogens with zero attached hydrogens (tertiary/aromatic N) is 1. The van der Waals surface area contributed by atoms with Gasteiger partial charge in [-0.1, -0.05) is 18.2 Å². The van der Waals surface area contributed by atoms with E-state index in [0.29, 0.717) is 12.0 Å². The number of carbonyl (C=O) groups is 1. The lowest BCUT2D eigenvalue weighted by atomic mass is 9.77. The summed E-state index contributed by atoms with van der Waals surface area (Å²) in [6, 6.07) is 9.97. The fourth-order valence-corrected chi connectivity index (χ4v) is 4.58. The number of piperidine rings is 1. The third kappa shape index (κ3) is 3.89. The zero-order chi connectivity index (χ0) is 18.0. The van der Waals surface area contributed by atoms with Crippen molar-refractivity contribution in [3.05, 3.63) is 30.3 Å². The average molecular weight is 357 g/mol. The summed E-state index contributed by atoms with van der Waals surface area (Å²) in [6.45, 7) is 4.64. The van der Waals surface area contributed by atoms with Gasteiger partial charge < -0.3 is 15.4 Å². The SMILES string of the molecule is CN1CC2(CCNCC2)CC1C(=O)NCC1(COc2ccccc2)CC1. The van der Waals surface area contributed by atoms with E-state index in [0.717, 1.165) is 51.2 Å². The number of hydrogen-bond donors (Lipinski definition) is 2. The fourth-order valence-electron chi connectivity index (χ4n) is 4.58. The molecule has 1 spiro atoms. The van der Waals surface area contributed by atoms with Crippen molar-refractivity contribution in [3.8, 4) is 5.75 Å². The van der Waals surface area contributed by atoms with E-state index >= 15 is 0 Å². The lowest BCUT2D eigenvalue weighted by Gasteiger charge is -2.33. The van der Waals surface area contributed by atoms with Gasteiger partial charge in [-0.05, 0) is 69.8 Å². The lowest BCUT2D eigenvalue weighted by Crippen LogP contribution is -2.44. The number of benzene rings is 1. The van der Waals surface area contributed by atoms with Crippen molar-refractivity contribution in [2.24, 2.45) is 10.8 Å². The molecule has 2 heterocycles. The average Bonchev–Trinajstić information content (AvgIpc) is 3.37. The molecule has 4 rings (SSSR count). The van der Waals surface area contributed by atoms with Crippen LogP contribution in [0, 0.1) is 10.8 Å². The van der Waals surface area contributed by atoms with Crippen LogP contribution in [0.15, 0.2) is 30.3 Å². The Morgan fingerprint density at radius 1 is 1.23 bits per heavy atom. The predicted octanol–water partition coefficient (Wildman–Crippen LogP) is 2.04. The maximum atomic E-state index is 12.8. The first kappa shape index (κ1) is 17.8. The van der Waals surface area contributed by atoms with Gasteiger partial charge >= 0.3 is 0 Å². The number of likely N-dealkylation sites (tertiary alicyclic amines) is 1. The largest absolute Gasteiger partial charge is 0.493 e. The third-order valence-corrected chi connectivity index (χ3v) is 6.59. The van der Waals surface area contributed by atoms with Crippen LogP contribution in [0.5, 0.6) is 5.75 Å². The minimum Gasteiger partial charge on any atom is -0.493 e. The second-order valence-corrected chi connectivity index (χ2v) is 8.70. The molecule has 5 heteroatoms. The number of ether oxygens (including phenoxy) is 1. The molecule has 1 aliphatic carbocycles. The molecule has 1 aromatic carbocycles. The van der Waals surface area contributed by atoms with Crippen LogP contribution in [0.1, 0.15) is 32.1 Å². The molecule has 5 nitrogen and oxygen atoms in total. The molecule has 1 atom stereocenters. The molecule has 3 aliphatic rings. The molecule has 2 aliphatic heterocycles. The van der Waals surface area contributed by atoms with Gasteiger partial charge in [0, 0.05) is 18.5 Å². The Balaban J connectivity index is 1.27. The molecule has 1 amide bonds. The molecule has 0 radical (unpaired) electrons. The Kier molecular flexibility index (Phi) is 4.93. The number of para-hydroxylation sites is 1. The minimum atomic E-state index is 0.0268. The van der Waals surface area contributed by atoms with E-state index in [4.69, 9.17) is 4.74 Å². The van der Waals surface area contributed by atoms with Crippen LogP contribution < -0.4 is 15.4 Å². The number of amides is 1. The van der Waals surface area contributed by atoms with Crippen LogP contribution in [0.3, 0.4) is 0 Å². The highest BCUT2D eigenvalue weighted by atomic mass is 16.5. The molecule has 0 aromatic heterocycles. The van der Waals surface area contributed by atoms with Crippen molar-refractivity contribution in [3.63, 3.8) is 0 Å². The summed E-state index contributed by atoms with van der Waals surface area (Å²) in [5.41, 5.74) is 0.477. The van der Waals surface area contributed by atoms with Crippen LogP contribution in [0.25, 0.3) is 0 Å². The molecule has 1 aromatic rings. The van der Waals surface area contributed by atoms with E-state index in [1.54, 1.807) is 0 Å². The first-order chi connectivity index (χ1) is 12.6. The van der Waals surface area contributed by atoms with Gasteiger partial charge in [0.2, 0.25) is 5.91 Å². The van der Waals surface area contributed by atoms with E-state index in [1.165, 1.54) is 12.8 Å². The highest BCUT2D eigenvalue weighted by Crippen LogP contribution is 2.46. The van der Waals surface area contributed by atoms with E-state index in [2.05, 4.69) is 22.6 Å². The lowest BCUT2D eigenvalue weighted by molar-refractivity contribution is -0.125. The topological polar surface area (TPSA) is 53.6 Å². The monoisotopic (exact) mass is 357 g/mol. The number of nitrogens with one attached hydrogen (secondary N) is 2. The van der Waals surface area contributed by atoms with E-state index in [1.807, 2.05) is 30.3 Å². The highest BCUT2D eigenvalue weighted by molar-refractivity contribution is 5.82. The summed E-state index contributed by atoms with van der Waals surface area (Å²) in [6.07, 6.45) is 5.66. The number of rotatable bonds is 6. The molecule has 26 heavy (non-hydrogen) atoms. The Bertz CT molecular complexity index is 623. The molecule has 2 N–H and O–H groups in total. The molecule has 142 valence electrons. The van der Waals surface area contributed by atoms with Crippen molar-refractivity contribution >= 4 is 5.91 Å². The summed E-state index contributed by atoms with van der Waals surface area (Å²) in [7, 11) is 2.10. The quantitative estimate of drug-likeness (QED) is 0.818. The maximum Gasteiger partial charge on any atom is 0.237 e. The first-order valence-electron chi connectivity index (χ1n) is 9.97. The van der Waals surface area contributed by atoms with Crippen LogP contribution >= 0.6 is 0 Å². The highest BCUT2D eigenvalue weighted by Gasteiger charge is 2.47. The van der Waals surface area contributed by atoms with E-state index in [9.17, 15) is 4.79 Å². The molecular weight excluding hydrogens is 326 g/mol. The van der Waals surface area contributed by atoms with Crippen LogP contribution in [-0.2, 0) is 4.79 Å². The van der Waals surface area contributed by atoms with Crippen molar-refractivity contribution in [2.45, 2.75) is 38.1 Å². The van der Waals surface area contributed by atoms with Crippen LogP contribution in [0.4, 0.5) is 0 Å². The number of likely N-dealkylation sites (N-methyl/N-ethyl adjacent to an activating group) is 1. The van der Waals surface area contributed by atoms with Crippen molar-refractivity contribution in [1.82, 2.24) is 15.5 Å². The molecular formula is C21H31N3O2. The minimum absolute atomic E-state index is 0.0268. The normalized spacial score (nSPS) is 26.6. The van der Waals surface area contributed by atoms with Crippen LogP contribution in [0.2, 0.25) is 0 Å². The zero-order valence-corrected chi connectivity index (χ0v) is 15.8. The second-order valence-electron chi connectivity index (χ2n) is 8.70. The second kappa shape index (κ2) is 7.20. The molecule has 1 saturated carbocycles. The first-order valence-corrected chi connectivity index (χ1v) is 9.97. The Morgan fingerprint density at radius 2 is 1.96 bits per heavy atom. The van der Waals surface area contributed by atoms with Gasteiger partial charge in [-0.15, -0.1) is 0 Å². The molecule has 2 saturated heterocycles. The van der Waals surface area contributed by atoms with Gasteiger partial charge in [0.1, 0.15) is 5.75 Å². The number of carbonyl (C=O) groups excluding carboxylic acids is 1. The van der Waals surface area contributed by atoms with Gasteiger partial charge in [-0.2, -0.15) is 0 Å². The van der Waals surface area contributed by atoms with Gasteiger partial charge in [0.25, 0.3) is 0 Å². The summed E-state index contributed by atoms with van der Waals surface area (Å²) < 4.78 is 5.93. The smallest absolute Gasteiger partial charge is 0.237 e. The summed E-state index contributed by atoms with van der Waals surface area (Å²) in [5, 5.41) is 6.68. The van der Waals surface area contributed by atoms with Crippen molar-refractivity contribution < 1.29 is 9.53 Å². The molecule has 1 unspecified atom stereocenters. The standard InChI is InChI=1S/C21H31N3O2/c1-24-15-20(9-11-22-12-10-20)13-18(24)19(25)23-14-21(7-8-21)16-26-17-5-3-2-4-6-17/h2-6,18,22H,7-16H2,1H3,(H,23,25). The van der Waals surface area contributed by atoms with E-state index < -0.39 is 0 Å². The molecule has 3 fully saturated rings. The maximum absolute atomic E-state index is 12.8. The van der Waals surface area contributed by atoms with Crippen LogP contribution in [-0.4, -0.2) is 56.7 Å². The van der Waals surface area contributed by atoms with Gasteiger partial charge in [-0.3, -0.25) is 9.69 Å². The summed E-state index contributed by atoms with van der Waals surface area (Å²) in [4.78, 5) is 15.1. The Labute approximate surface area is 156 Å². The third-order valence-electron chi connectivity index (χ3n) is 6.59. The van der Waals surface area contributed by atoms with Gasteiger partial charge in [0.15, 0.2) is 0 Å². The van der Waals surface area contributed by atoms with Gasteiger partial charge in [-0.25, -0.2) is 0 Å². The Morgan fingerprint density at radius 3 is 2.65 bits per heavy atom. The fraction of sp³-hybridized carbons (Fsp3) is 0.667. The number of hydrogen-bond acceptors (Lipinski definition) is 4. The van der Waals surface area contributed by atoms with Crippen molar-refractivity contribution in [2.75, 3.05) is 39.8 Å². The summed E-state index contributed by atoms with van der Waals surface area (Å²) in [5.74, 6) is 1.11. The van der Waals surface area contributed by atoms with Gasteiger partial charge in [0.05, 0.1) is 12.6 Å². The zero-order valence-electron chi connectivity index (χ0n) is 15.8. The molecule has 0 bridgehead atoms. The van der Waals surface area contributed by atoms with Crippen molar-refractivity contribution in [1.29, 1.82) is 0 Å². The van der Waals surface area contributed by atoms with E-state index in [-0.39, 0.29) is 17.4 Å². The summed E-state index contributed by atoms with van der Waals surface area (Å²) >= 11 is 0. The predicted molar refractivity (Wildman–Crippen MR) is 102 cm³/mol. The Hall–Kier alpha value is -1.59.